The molecule has 0 radical (unpaired) electrons. The lowest BCUT2D eigenvalue weighted by atomic mass is 10.2. The predicted octanol–water partition coefficient (Wildman–Crippen LogP) is 0.491. The van der Waals surface area contributed by atoms with Crippen molar-refractivity contribution >= 4 is 11.5 Å². The van der Waals surface area contributed by atoms with Gasteiger partial charge in [-0.05, 0) is 0 Å². The van der Waals surface area contributed by atoms with Crippen LogP contribution in [-0.2, 0) is 9.63 Å². The van der Waals surface area contributed by atoms with Crippen LogP contribution in [0.3, 0.4) is 0 Å². The van der Waals surface area contributed by atoms with E-state index < -0.39 is 0 Å². The minimum atomic E-state index is -0.302. The van der Waals surface area contributed by atoms with Crippen LogP contribution in [0.15, 0.2) is 5.16 Å². The second kappa shape index (κ2) is 4.50. The van der Waals surface area contributed by atoms with Gasteiger partial charge in [0, 0.05) is 6.42 Å². The Labute approximate surface area is 59.1 Å². The second-order valence-corrected chi connectivity index (χ2v) is 1.51. The van der Waals surface area contributed by atoms with E-state index in [0.29, 0.717) is 0 Å². The van der Waals surface area contributed by atoms with Crippen LogP contribution in [0.1, 0.15) is 13.3 Å². The van der Waals surface area contributed by atoms with Gasteiger partial charge in [-0.25, -0.2) is 0 Å². The van der Waals surface area contributed by atoms with Crippen LogP contribution in [-0.4, -0.2) is 18.6 Å². The van der Waals surface area contributed by atoms with E-state index in [0.717, 1.165) is 0 Å². The smallest absolute Gasteiger partial charge is 0.222 e. The van der Waals surface area contributed by atoms with Crippen LogP contribution in [0.25, 0.3) is 0 Å². The Morgan fingerprint density at radius 3 is 2.70 bits per heavy atom. The van der Waals surface area contributed by atoms with Gasteiger partial charge in [-0.15, -0.1) is 0 Å². The minimum Gasteiger partial charge on any atom is -0.398 e. The molecule has 0 aromatic rings. The molecule has 4 heteroatoms. The third kappa shape index (κ3) is 2.27. The highest BCUT2D eigenvalue weighted by Crippen LogP contribution is 1.86. The van der Waals surface area contributed by atoms with Crippen molar-refractivity contribution in [2.75, 3.05) is 7.11 Å². The molecule has 0 aliphatic carbocycles. The van der Waals surface area contributed by atoms with E-state index >= 15 is 0 Å². The summed E-state index contributed by atoms with van der Waals surface area (Å²) in [6, 6.07) is 1.63. The molecular weight excluding hydrogens is 132 g/mol. The zero-order valence-corrected chi connectivity index (χ0v) is 5.92. The summed E-state index contributed by atoms with van der Waals surface area (Å²) in [5, 5.41) is 11.5. The summed E-state index contributed by atoms with van der Waals surface area (Å²) in [5.74, 6) is -0.302. The van der Waals surface area contributed by atoms with Crippen molar-refractivity contribution in [1.29, 1.82) is 5.26 Å². The Hall–Kier alpha value is -1.37. The van der Waals surface area contributed by atoms with E-state index in [9.17, 15) is 4.79 Å². The average molecular weight is 140 g/mol. The highest BCUT2D eigenvalue weighted by Gasteiger charge is 2.07. The Kier molecular flexibility index (Phi) is 3.89. The van der Waals surface area contributed by atoms with Crippen LogP contribution >= 0.6 is 0 Å². The molecule has 0 atom stereocenters. The number of carbonyl (C=O) groups is 1. The molecule has 0 bridgehead atoms. The zero-order valence-electron chi connectivity index (χ0n) is 5.92. The molecule has 54 valence electrons. The number of ketones is 1. The summed E-state index contributed by atoms with van der Waals surface area (Å²) in [6.45, 7) is 1.66. The number of Topliss-reactive ketones (excluding diaryl/α,β-unsaturated/α-hetero) is 1. The van der Waals surface area contributed by atoms with E-state index in [1.54, 1.807) is 13.0 Å². The summed E-state index contributed by atoms with van der Waals surface area (Å²) in [6.07, 6.45) is 0.274. The number of hydrogen-bond donors (Lipinski definition) is 0. The Morgan fingerprint density at radius 1 is 1.80 bits per heavy atom. The fraction of sp³-hybridized carbons (Fsp3) is 0.500. The van der Waals surface area contributed by atoms with Gasteiger partial charge < -0.3 is 4.84 Å². The van der Waals surface area contributed by atoms with E-state index in [2.05, 4.69) is 9.99 Å². The van der Waals surface area contributed by atoms with Gasteiger partial charge in [0.1, 0.15) is 13.2 Å². The van der Waals surface area contributed by atoms with Crippen molar-refractivity contribution in [2.24, 2.45) is 5.16 Å². The van der Waals surface area contributed by atoms with Gasteiger partial charge in [0.25, 0.3) is 0 Å². The number of rotatable bonds is 3. The van der Waals surface area contributed by atoms with E-state index in [-0.39, 0.29) is 17.9 Å². The van der Waals surface area contributed by atoms with Crippen molar-refractivity contribution in [1.82, 2.24) is 0 Å². The molecule has 0 N–H and O–H groups in total. The number of oxime groups is 1. The first kappa shape index (κ1) is 8.63. The molecule has 0 aliphatic heterocycles. The summed E-state index contributed by atoms with van der Waals surface area (Å²) in [4.78, 5) is 15.0. The van der Waals surface area contributed by atoms with Crippen LogP contribution in [0.5, 0.6) is 0 Å². The first-order valence-corrected chi connectivity index (χ1v) is 2.80. The lowest BCUT2D eigenvalue weighted by molar-refractivity contribution is -0.112. The quantitative estimate of drug-likeness (QED) is 0.423. The molecule has 0 fully saturated rings. The van der Waals surface area contributed by atoms with Gasteiger partial charge in [0.2, 0.25) is 5.71 Å². The van der Waals surface area contributed by atoms with Crippen molar-refractivity contribution in [3.63, 3.8) is 0 Å². The lowest BCUT2D eigenvalue weighted by Crippen LogP contribution is -2.10. The highest BCUT2D eigenvalue weighted by atomic mass is 16.6. The normalized spacial score (nSPS) is 10.3. The molecular formula is C6H8N2O2. The zero-order chi connectivity index (χ0) is 7.98. The fourth-order valence-electron chi connectivity index (χ4n) is 0.392. The first-order valence-electron chi connectivity index (χ1n) is 2.80. The maximum Gasteiger partial charge on any atom is 0.222 e. The van der Waals surface area contributed by atoms with Gasteiger partial charge in [-0.3, -0.25) is 4.79 Å². The SMILES string of the molecule is CCC(=O)/C(C#N)=N/OC. The third-order valence-electron chi connectivity index (χ3n) is 0.874. The van der Waals surface area contributed by atoms with Crippen LogP contribution in [0.2, 0.25) is 0 Å². The summed E-state index contributed by atoms with van der Waals surface area (Å²) in [7, 11) is 1.29. The molecule has 0 aromatic carbocycles. The van der Waals surface area contributed by atoms with Crippen LogP contribution in [0.4, 0.5) is 0 Å². The van der Waals surface area contributed by atoms with Crippen LogP contribution < -0.4 is 0 Å². The van der Waals surface area contributed by atoms with Crippen molar-refractivity contribution in [3.8, 4) is 6.07 Å². The lowest BCUT2D eigenvalue weighted by Gasteiger charge is -1.89. The van der Waals surface area contributed by atoms with Gasteiger partial charge in [-0.2, -0.15) is 5.26 Å². The molecule has 0 saturated heterocycles. The molecule has 10 heavy (non-hydrogen) atoms. The fourth-order valence-corrected chi connectivity index (χ4v) is 0.392. The maximum atomic E-state index is 10.7. The second-order valence-electron chi connectivity index (χ2n) is 1.51. The first-order chi connectivity index (χ1) is 4.76. The topological polar surface area (TPSA) is 62.5 Å². The maximum absolute atomic E-state index is 10.7. The number of nitrogens with zero attached hydrogens (tertiary/aromatic N) is 2. The van der Waals surface area contributed by atoms with E-state index in [1.165, 1.54) is 7.11 Å². The molecule has 0 amide bonds. The number of carbonyl (C=O) groups excluding carboxylic acids is 1. The van der Waals surface area contributed by atoms with Crippen molar-refractivity contribution < 1.29 is 9.63 Å². The monoisotopic (exact) mass is 140 g/mol. The van der Waals surface area contributed by atoms with Gasteiger partial charge in [-0.1, -0.05) is 12.1 Å². The van der Waals surface area contributed by atoms with Gasteiger partial charge >= 0.3 is 0 Å². The number of nitriles is 1. The molecule has 4 nitrogen and oxygen atoms in total. The van der Waals surface area contributed by atoms with Crippen LogP contribution in [0, 0.1) is 11.3 Å². The molecule has 0 spiro atoms. The van der Waals surface area contributed by atoms with E-state index in [1.807, 2.05) is 0 Å². The molecule has 0 aromatic heterocycles. The Morgan fingerprint density at radius 2 is 2.40 bits per heavy atom. The summed E-state index contributed by atoms with van der Waals surface area (Å²) < 4.78 is 0. The van der Waals surface area contributed by atoms with Crippen molar-refractivity contribution in [3.05, 3.63) is 0 Å². The highest BCUT2D eigenvalue weighted by molar-refractivity contribution is 6.45. The average Bonchev–Trinajstić information content (AvgIpc) is 1.99. The minimum absolute atomic E-state index is 0.176. The molecule has 0 saturated carbocycles. The van der Waals surface area contributed by atoms with Crippen molar-refractivity contribution in [2.45, 2.75) is 13.3 Å². The molecule has 0 aliphatic rings. The standard InChI is InChI=1S/C6H8N2O2/c1-3-6(9)5(4-7)8-10-2/h3H2,1-2H3/b8-5+. The van der Waals surface area contributed by atoms with Gasteiger partial charge in [0.05, 0.1) is 0 Å². The largest absolute Gasteiger partial charge is 0.398 e. The predicted molar refractivity (Wildman–Crippen MR) is 35.4 cm³/mol. The van der Waals surface area contributed by atoms with Gasteiger partial charge in [0.15, 0.2) is 5.78 Å². The number of hydrogen-bond acceptors (Lipinski definition) is 4. The Balaban J connectivity index is 4.25. The van der Waals surface area contributed by atoms with E-state index in [4.69, 9.17) is 5.26 Å². The molecule has 0 heterocycles. The summed E-state index contributed by atoms with van der Waals surface area (Å²) >= 11 is 0. The molecule has 0 rings (SSSR count). The third-order valence-corrected chi connectivity index (χ3v) is 0.874. The Bertz CT molecular complexity index is 190. The molecule has 0 unspecified atom stereocenters. The summed E-state index contributed by atoms with van der Waals surface area (Å²) in [5.41, 5.74) is -0.176.